The minimum absolute atomic E-state index is 0.0482. The predicted octanol–water partition coefficient (Wildman–Crippen LogP) is 3.42. The van der Waals surface area contributed by atoms with Gasteiger partial charge in [-0.25, -0.2) is 9.18 Å². The summed E-state index contributed by atoms with van der Waals surface area (Å²) in [7, 11) is 4.64. The number of rotatable bonds is 4. The standard InChI is InChI=1S/C22H18FN5O3/c1-27-17-11-24-16-10-19(31-3)12(15-7-8-25-26-15)9-13(16)20(17)28(22(27)29)21-14(23)5-4-6-18(21)30-2/h4-11H,1-3H3,(H,25,26). The molecule has 8 nitrogen and oxygen atoms in total. The molecule has 0 aliphatic carbocycles. The molecule has 0 aliphatic rings. The van der Waals surface area contributed by atoms with Crippen LogP contribution in [0.2, 0.25) is 0 Å². The Morgan fingerprint density at radius 2 is 1.90 bits per heavy atom. The van der Waals surface area contributed by atoms with Gasteiger partial charge in [-0.15, -0.1) is 0 Å². The molecule has 0 atom stereocenters. The Kier molecular flexibility index (Phi) is 4.25. The maximum atomic E-state index is 15.0. The van der Waals surface area contributed by atoms with Gasteiger partial charge in [-0.3, -0.25) is 19.2 Å². The lowest BCUT2D eigenvalue weighted by Crippen LogP contribution is -2.22. The third-order valence-corrected chi connectivity index (χ3v) is 5.39. The number of fused-ring (bicyclic) bond motifs is 3. The Labute approximate surface area is 175 Å². The zero-order chi connectivity index (χ0) is 21.7. The zero-order valence-corrected chi connectivity index (χ0v) is 17.0. The highest BCUT2D eigenvalue weighted by atomic mass is 19.1. The van der Waals surface area contributed by atoms with Crippen molar-refractivity contribution in [2.24, 2.45) is 7.05 Å². The first kappa shape index (κ1) is 18.9. The number of pyridine rings is 1. The molecule has 2 aromatic carbocycles. The number of hydrogen-bond donors (Lipinski definition) is 1. The quantitative estimate of drug-likeness (QED) is 0.482. The largest absolute Gasteiger partial charge is 0.496 e. The lowest BCUT2D eigenvalue weighted by molar-refractivity contribution is 0.408. The molecular formula is C22H18FN5O3. The van der Waals surface area contributed by atoms with E-state index in [9.17, 15) is 9.18 Å². The second-order valence-corrected chi connectivity index (χ2v) is 7.00. The monoisotopic (exact) mass is 419 g/mol. The number of H-pyrrole nitrogens is 1. The number of para-hydroxylation sites is 1. The maximum absolute atomic E-state index is 15.0. The second kappa shape index (κ2) is 6.98. The van der Waals surface area contributed by atoms with Crippen molar-refractivity contribution in [3.05, 3.63) is 65.1 Å². The van der Waals surface area contributed by atoms with Crippen LogP contribution in [0.5, 0.6) is 11.5 Å². The first-order chi connectivity index (χ1) is 15.0. The average molecular weight is 419 g/mol. The van der Waals surface area contributed by atoms with E-state index in [1.807, 2.05) is 12.1 Å². The lowest BCUT2D eigenvalue weighted by Gasteiger charge is -2.13. The summed E-state index contributed by atoms with van der Waals surface area (Å²) in [5.41, 5.74) is 2.79. The number of aromatic amines is 1. The predicted molar refractivity (Wildman–Crippen MR) is 114 cm³/mol. The number of nitrogens with one attached hydrogen (secondary N) is 1. The van der Waals surface area contributed by atoms with Crippen molar-refractivity contribution in [2.45, 2.75) is 0 Å². The Morgan fingerprint density at radius 3 is 2.61 bits per heavy atom. The molecule has 31 heavy (non-hydrogen) atoms. The molecule has 0 unspecified atom stereocenters. The van der Waals surface area contributed by atoms with Crippen LogP contribution in [0.15, 0.2) is 53.6 Å². The van der Waals surface area contributed by atoms with Gasteiger partial charge < -0.3 is 9.47 Å². The molecule has 1 N–H and O–H groups in total. The van der Waals surface area contributed by atoms with E-state index in [4.69, 9.17) is 9.47 Å². The van der Waals surface area contributed by atoms with Gasteiger partial charge in [0.1, 0.15) is 17.2 Å². The summed E-state index contributed by atoms with van der Waals surface area (Å²) in [6.45, 7) is 0. The first-order valence-corrected chi connectivity index (χ1v) is 9.46. The number of halogens is 1. The number of nitrogens with zero attached hydrogens (tertiary/aromatic N) is 4. The average Bonchev–Trinajstić information content (AvgIpc) is 3.40. The third-order valence-electron chi connectivity index (χ3n) is 5.39. The van der Waals surface area contributed by atoms with Crippen LogP contribution < -0.4 is 15.2 Å². The number of methoxy groups -OCH3 is 2. The zero-order valence-electron chi connectivity index (χ0n) is 17.0. The minimum atomic E-state index is -0.568. The summed E-state index contributed by atoms with van der Waals surface area (Å²) in [6, 6.07) is 9.91. The molecule has 0 fully saturated rings. The molecule has 0 radical (unpaired) electrons. The number of benzene rings is 2. The van der Waals surface area contributed by atoms with E-state index in [0.29, 0.717) is 27.7 Å². The molecule has 9 heteroatoms. The Morgan fingerprint density at radius 1 is 1.10 bits per heavy atom. The van der Waals surface area contributed by atoms with E-state index in [-0.39, 0.29) is 11.4 Å². The number of imidazole rings is 1. The van der Waals surface area contributed by atoms with Crippen LogP contribution in [0.3, 0.4) is 0 Å². The van der Waals surface area contributed by atoms with Crippen molar-refractivity contribution >= 4 is 21.9 Å². The van der Waals surface area contributed by atoms with Crippen molar-refractivity contribution in [1.29, 1.82) is 0 Å². The van der Waals surface area contributed by atoms with Gasteiger partial charge in [0, 0.05) is 30.3 Å². The van der Waals surface area contributed by atoms with Crippen LogP contribution in [-0.4, -0.2) is 38.5 Å². The highest BCUT2D eigenvalue weighted by Crippen LogP contribution is 2.36. The maximum Gasteiger partial charge on any atom is 0.333 e. The van der Waals surface area contributed by atoms with E-state index in [1.165, 1.54) is 28.4 Å². The van der Waals surface area contributed by atoms with Gasteiger partial charge in [-0.05, 0) is 24.3 Å². The molecule has 0 aliphatic heterocycles. The number of hydrogen-bond acceptors (Lipinski definition) is 5. The molecule has 0 saturated heterocycles. The number of ether oxygens (including phenoxy) is 2. The Balaban J connectivity index is 1.98. The van der Waals surface area contributed by atoms with Gasteiger partial charge in [-0.2, -0.15) is 5.10 Å². The van der Waals surface area contributed by atoms with E-state index < -0.39 is 11.5 Å². The van der Waals surface area contributed by atoms with E-state index in [1.54, 1.807) is 38.7 Å². The fourth-order valence-electron chi connectivity index (χ4n) is 3.89. The minimum Gasteiger partial charge on any atom is -0.496 e. The smallest absolute Gasteiger partial charge is 0.333 e. The van der Waals surface area contributed by atoms with Crippen molar-refractivity contribution < 1.29 is 13.9 Å². The molecule has 3 aromatic heterocycles. The Bertz CT molecular complexity index is 1500. The van der Waals surface area contributed by atoms with Crippen molar-refractivity contribution in [3.63, 3.8) is 0 Å². The van der Waals surface area contributed by atoms with Gasteiger partial charge in [0.25, 0.3) is 0 Å². The molecule has 5 aromatic rings. The van der Waals surface area contributed by atoms with Crippen LogP contribution in [0, 0.1) is 5.82 Å². The summed E-state index contributed by atoms with van der Waals surface area (Å²) in [6.07, 6.45) is 3.23. The Hall–Kier alpha value is -4.14. The summed E-state index contributed by atoms with van der Waals surface area (Å²) >= 11 is 0. The number of aryl methyl sites for hydroxylation is 1. The van der Waals surface area contributed by atoms with Crippen molar-refractivity contribution in [3.8, 4) is 28.4 Å². The van der Waals surface area contributed by atoms with E-state index in [2.05, 4.69) is 15.2 Å². The van der Waals surface area contributed by atoms with Gasteiger partial charge in [0.2, 0.25) is 0 Å². The normalized spacial score (nSPS) is 11.4. The van der Waals surface area contributed by atoms with Crippen LogP contribution >= 0.6 is 0 Å². The molecule has 5 rings (SSSR count). The lowest BCUT2D eigenvalue weighted by atomic mass is 10.1. The first-order valence-electron chi connectivity index (χ1n) is 9.46. The third kappa shape index (κ3) is 2.70. The second-order valence-electron chi connectivity index (χ2n) is 7.00. The highest BCUT2D eigenvalue weighted by molar-refractivity contribution is 6.05. The van der Waals surface area contributed by atoms with Gasteiger partial charge in [0.05, 0.1) is 42.7 Å². The molecular weight excluding hydrogens is 401 g/mol. The molecule has 0 bridgehead atoms. The van der Waals surface area contributed by atoms with Crippen LogP contribution in [-0.2, 0) is 7.05 Å². The topological polar surface area (TPSA) is 87.0 Å². The fourth-order valence-corrected chi connectivity index (χ4v) is 3.89. The van der Waals surface area contributed by atoms with Crippen LogP contribution in [0.25, 0.3) is 38.9 Å². The molecule has 156 valence electrons. The molecule has 0 amide bonds. The van der Waals surface area contributed by atoms with E-state index in [0.717, 1.165) is 11.3 Å². The fraction of sp³-hybridized carbons (Fsp3) is 0.136. The number of aromatic nitrogens is 5. The van der Waals surface area contributed by atoms with Crippen molar-refractivity contribution in [1.82, 2.24) is 24.3 Å². The van der Waals surface area contributed by atoms with Gasteiger partial charge >= 0.3 is 5.69 Å². The molecule has 0 saturated carbocycles. The molecule has 3 heterocycles. The summed E-state index contributed by atoms with van der Waals surface area (Å²) in [5.74, 6) is 0.278. The molecule has 0 spiro atoms. The summed E-state index contributed by atoms with van der Waals surface area (Å²) in [4.78, 5) is 17.7. The van der Waals surface area contributed by atoms with Crippen LogP contribution in [0.4, 0.5) is 4.39 Å². The van der Waals surface area contributed by atoms with Crippen molar-refractivity contribution in [2.75, 3.05) is 14.2 Å². The summed E-state index contributed by atoms with van der Waals surface area (Å²) in [5, 5.41) is 7.60. The summed E-state index contributed by atoms with van der Waals surface area (Å²) < 4.78 is 28.6. The van der Waals surface area contributed by atoms with Crippen LogP contribution in [0.1, 0.15) is 0 Å². The van der Waals surface area contributed by atoms with Gasteiger partial charge in [-0.1, -0.05) is 6.07 Å². The SMILES string of the molecule is COc1cc2ncc3c(c2cc1-c1ccn[nH]1)n(-c1c(F)cccc1OC)c(=O)n3C. The highest BCUT2D eigenvalue weighted by Gasteiger charge is 2.22. The van der Waals surface area contributed by atoms with Gasteiger partial charge in [0.15, 0.2) is 5.82 Å². The van der Waals surface area contributed by atoms with E-state index >= 15 is 0 Å².